The molecule has 1 heterocycles. The van der Waals surface area contributed by atoms with Crippen LogP contribution in [-0.4, -0.2) is 23.8 Å². The quantitative estimate of drug-likeness (QED) is 0.639. The molecule has 0 spiro atoms. The molecular formula is C23H29N3O3S. The van der Waals surface area contributed by atoms with Gasteiger partial charge in [-0.25, -0.2) is 0 Å². The molecule has 3 rings (SSSR count). The number of carbonyl (C=O) groups is 3. The molecule has 160 valence electrons. The van der Waals surface area contributed by atoms with Crippen LogP contribution in [0.4, 0.5) is 0 Å². The maximum Gasteiger partial charge on any atom is 0.279 e. The summed E-state index contributed by atoms with van der Waals surface area (Å²) in [6.07, 6.45) is 3.13. The van der Waals surface area contributed by atoms with Crippen LogP contribution in [0.2, 0.25) is 0 Å². The molecule has 2 atom stereocenters. The highest BCUT2D eigenvalue weighted by Gasteiger charge is 2.26. The molecule has 1 aliphatic rings. The van der Waals surface area contributed by atoms with Crippen LogP contribution in [0.15, 0.2) is 30.3 Å². The summed E-state index contributed by atoms with van der Waals surface area (Å²) < 4.78 is 0. The second-order valence-electron chi connectivity index (χ2n) is 8.36. The lowest BCUT2D eigenvalue weighted by molar-refractivity contribution is -0.124. The lowest BCUT2D eigenvalue weighted by atomic mass is 9.90. The molecule has 6 nitrogen and oxygen atoms in total. The first-order chi connectivity index (χ1) is 14.3. The first kappa shape index (κ1) is 22.0. The molecule has 0 unspecified atom stereocenters. The van der Waals surface area contributed by atoms with Gasteiger partial charge in [0.2, 0.25) is 0 Å². The summed E-state index contributed by atoms with van der Waals surface area (Å²) in [4.78, 5) is 39.7. The van der Waals surface area contributed by atoms with Crippen molar-refractivity contribution in [3.8, 4) is 0 Å². The lowest BCUT2D eigenvalue weighted by Gasteiger charge is -2.22. The summed E-state index contributed by atoms with van der Waals surface area (Å²) in [7, 11) is 0. The molecule has 0 saturated carbocycles. The van der Waals surface area contributed by atoms with E-state index in [1.54, 1.807) is 12.1 Å². The molecule has 3 amide bonds. The molecule has 30 heavy (non-hydrogen) atoms. The Kier molecular flexibility index (Phi) is 6.92. The minimum absolute atomic E-state index is 0.148. The van der Waals surface area contributed by atoms with Crippen molar-refractivity contribution in [3.63, 3.8) is 0 Å². The largest absolute Gasteiger partial charge is 0.340 e. The van der Waals surface area contributed by atoms with Gasteiger partial charge in [-0.15, -0.1) is 11.3 Å². The van der Waals surface area contributed by atoms with Crippen molar-refractivity contribution >= 4 is 29.1 Å². The fourth-order valence-corrected chi connectivity index (χ4v) is 4.76. The van der Waals surface area contributed by atoms with Crippen LogP contribution in [0, 0.1) is 18.8 Å². The number of thiophene rings is 1. The summed E-state index contributed by atoms with van der Waals surface area (Å²) in [6.45, 7) is 7.76. The predicted molar refractivity (Wildman–Crippen MR) is 118 cm³/mol. The molecule has 7 heteroatoms. The smallest absolute Gasteiger partial charge is 0.279 e. The number of hydrogen-bond acceptors (Lipinski definition) is 4. The Morgan fingerprint density at radius 1 is 1.10 bits per heavy atom. The van der Waals surface area contributed by atoms with E-state index in [0.29, 0.717) is 16.4 Å². The predicted octanol–water partition coefficient (Wildman–Crippen LogP) is 3.40. The van der Waals surface area contributed by atoms with Gasteiger partial charge in [0.15, 0.2) is 0 Å². The van der Waals surface area contributed by atoms with Gasteiger partial charge in [0.1, 0.15) is 6.04 Å². The average molecular weight is 428 g/mol. The Bertz CT molecular complexity index is 951. The number of hydrazine groups is 1. The molecule has 0 saturated heterocycles. The van der Waals surface area contributed by atoms with Crippen molar-refractivity contribution in [2.75, 3.05) is 0 Å². The lowest BCUT2D eigenvalue weighted by Crippen LogP contribution is -2.54. The number of aryl methyl sites for hydroxylation is 2. The van der Waals surface area contributed by atoms with E-state index in [-0.39, 0.29) is 17.7 Å². The van der Waals surface area contributed by atoms with E-state index in [1.807, 2.05) is 39.0 Å². The van der Waals surface area contributed by atoms with E-state index in [9.17, 15) is 14.4 Å². The second kappa shape index (κ2) is 9.43. The molecule has 0 aliphatic heterocycles. The van der Waals surface area contributed by atoms with Gasteiger partial charge in [-0.05, 0) is 61.3 Å². The fourth-order valence-electron chi connectivity index (χ4n) is 3.66. The van der Waals surface area contributed by atoms with E-state index in [0.717, 1.165) is 24.8 Å². The van der Waals surface area contributed by atoms with E-state index in [1.165, 1.54) is 21.8 Å². The van der Waals surface area contributed by atoms with Gasteiger partial charge < -0.3 is 5.32 Å². The molecule has 1 aromatic heterocycles. The normalized spacial score (nSPS) is 16.5. The fraction of sp³-hybridized carbons (Fsp3) is 0.435. The third kappa shape index (κ3) is 5.08. The first-order valence-electron chi connectivity index (χ1n) is 10.3. The van der Waals surface area contributed by atoms with Gasteiger partial charge in [-0.3, -0.25) is 25.2 Å². The van der Waals surface area contributed by atoms with Crippen molar-refractivity contribution in [2.45, 2.75) is 53.0 Å². The monoisotopic (exact) mass is 427 g/mol. The van der Waals surface area contributed by atoms with Gasteiger partial charge in [-0.2, -0.15) is 0 Å². The topological polar surface area (TPSA) is 87.3 Å². The van der Waals surface area contributed by atoms with Crippen LogP contribution in [-0.2, 0) is 17.6 Å². The number of fused-ring (bicyclic) bond motifs is 1. The molecular weight excluding hydrogens is 398 g/mol. The zero-order valence-corrected chi connectivity index (χ0v) is 18.7. The third-order valence-electron chi connectivity index (χ3n) is 5.48. The first-order valence-corrected chi connectivity index (χ1v) is 11.2. The molecule has 3 N–H and O–H groups in total. The summed E-state index contributed by atoms with van der Waals surface area (Å²) >= 11 is 1.49. The molecule has 0 bridgehead atoms. The average Bonchev–Trinajstić information content (AvgIpc) is 3.13. The second-order valence-corrected chi connectivity index (χ2v) is 9.50. The molecule has 1 aliphatic carbocycles. The molecule has 2 aromatic rings. The summed E-state index contributed by atoms with van der Waals surface area (Å²) in [5, 5.41) is 2.78. The van der Waals surface area contributed by atoms with E-state index >= 15 is 0 Å². The Labute approximate surface area is 181 Å². The Balaban J connectivity index is 1.61. The van der Waals surface area contributed by atoms with E-state index in [2.05, 4.69) is 23.1 Å². The van der Waals surface area contributed by atoms with Gasteiger partial charge in [-0.1, -0.05) is 39.0 Å². The highest BCUT2D eigenvalue weighted by atomic mass is 32.1. The SMILES string of the molecule is Cc1ccccc1C(=O)N[C@H](C(=O)NNC(=O)c1cc2c(s1)CC[C@@H](C)C2)C(C)C. The molecule has 0 fully saturated rings. The van der Waals surface area contributed by atoms with Crippen molar-refractivity contribution < 1.29 is 14.4 Å². The number of rotatable bonds is 5. The molecule has 0 radical (unpaired) electrons. The summed E-state index contributed by atoms with van der Waals surface area (Å²) in [5.41, 5.74) is 7.57. The van der Waals surface area contributed by atoms with Gasteiger partial charge in [0.05, 0.1) is 4.88 Å². The van der Waals surface area contributed by atoms with Gasteiger partial charge in [0.25, 0.3) is 17.7 Å². The number of carbonyl (C=O) groups excluding carboxylic acids is 3. The minimum atomic E-state index is -0.769. The van der Waals surface area contributed by atoms with Crippen LogP contribution in [0.3, 0.4) is 0 Å². The minimum Gasteiger partial charge on any atom is -0.340 e. The number of benzene rings is 1. The maximum atomic E-state index is 12.7. The van der Waals surface area contributed by atoms with Crippen LogP contribution in [0.5, 0.6) is 0 Å². The highest BCUT2D eigenvalue weighted by Crippen LogP contribution is 2.32. The van der Waals surface area contributed by atoms with Gasteiger partial charge in [0, 0.05) is 10.4 Å². The van der Waals surface area contributed by atoms with Crippen LogP contribution >= 0.6 is 11.3 Å². The van der Waals surface area contributed by atoms with Crippen molar-refractivity contribution in [1.82, 2.24) is 16.2 Å². The maximum absolute atomic E-state index is 12.7. The Hall–Kier alpha value is -2.67. The van der Waals surface area contributed by atoms with Crippen LogP contribution < -0.4 is 16.2 Å². The van der Waals surface area contributed by atoms with Gasteiger partial charge >= 0.3 is 0 Å². The summed E-state index contributed by atoms with van der Waals surface area (Å²) in [5.74, 6) is -0.608. The number of hydrogen-bond donors (Lipinski definition) is 3. The van der Waals surface area contributed by atoms with Crippen molar-refractivity contribution in [1.29, 1.82) is 0 Å². The van der Waals surface area contributed by atoms with Crippen LogP contribution in [0.1, 0.15) is 63.2 Å². The van der Waals surface area contributed by atoms with Crippen LogP contribution in [0.25, 0.3) is 0 Å². The number of nitrogens with one attached hydrogen (secondary N) is 3. The highest BCUT2D eigenvalue weighted by molar-refractivity contribution is 7.14. The Morgan fingerprint density at radius 3 is 2.53 bits per heavy atom. The zero-order valence-electron chi connectivity index (χ0n) is 17.9. The van der Waals surface area contributed by atoms with Crippen molar-refractivity contribution in [2.24, 2.45) is 11.8 Å². The third-order valence-corrected chi connectivity index (χ3v) is 6.71. The molecule has 1 aromatic carbocycles. The van der Waals surface area contributed by atoms with E-state index in [4.69, 9.17) is 0 Å². The zero-order chi connectivity index (χ0) is 21.8. The van der Waals surface area contributed by atoms with E-state index < -0.39 is 11.9 Å². The number of amides is 3. The Morgan fingerprint density at radius 2 is 1.83 bits per heavy atom. The summed E-state index contributed by atoms with van der Waals surface area (Å²) in [6, 6.07) is 8.37. The van der Waals surface area contributed by atoms with Crippen molar-refractivity contribution in [3.05, 3.63) is 56.8 Å². The standard InChI is InChI=1S/C23H29N3O3S/c1-13(2)20(24-21(27)17-8-6-5-7-15(17)4)23(29)26-25-22(28)19-12-16-11-14(3)9-10-18(16)30-19/h5-8,12-14,20H,9-11H2,1-4H3,(H,24,27)(H,25,28)(H,26,29)/t14-,20+/m1/s1.